The Labute approximate surface area is 118 Å². The summed E-state index contributed by atoms with van der Waals surface area (Å²) in [6.45, 7) is -0.111. The average Bonchev–Trinajstić information content (AvgIpc) is 3.22. The Morgan fingerprint density at radius 3 is 2.65 bits per heavy atom. The van der Waals surface area contributed by atoms with Crippen molar-refractivity contribution in [1.29, 1.82) is 0 Å². The molecule has 0 bridgehead atoms. The molecule has 0 spiro atoms. The van der Waals surface area contributed by atoms with Crippen molar-refractivity contribution in [2.45, 2.75) is 24.9 Å². The third kappa shape index (κ3) is 2.60. The Kier molecular flexibility index (Phi) is 3.56. The molecular formula is C16H18N2O2. The van der Waals surface area contributed by atoms with Crippen LogP contribution in [-0.2, 0) is 0 Å². The molecule has 0 radical (unpaired) electrons. The van der Waals surface area contributed by atoms with Crippen LogP contribution >= 0.6 is 0 Å². The van der Waals surface area contributed by atoms with Crippen molar-refractivity contribution in [2.24, 2.45) is 0 Å². The summed E-state index contributed by atoms with van der Waals surface area (Å²) in [5.41, 5.74) is 1.58. The minimum atomic E-state index is -0.369. The van der Waals surface area contributed by atoms with Crippen LogP contribution in [0.3, 0.4) is 0 Å². The fraction of sp³-hybridized carbons (Fsp3) is 0.312. The van der Waals surface area contributed by atoms with E-state index in [9.17, 15) is 9.90 Å². The largest absolute Gasteiger partial charge is 0.394 e. The van der Waals surface area contributed by atoms with Gasteiger partial charge >= 0.3 is 0 Å². The van der Waals surface area contributed by atoms with Crippen LogP contribution in [0.5, 0.6) is 0 Å². The summed E-state index contributed by atoms with van der Waals surface area (Å²) in [5.74, 6) is -0.134. The topological polar surface area (TPSA) is 54.3 Å². The summed E-state index contributed by atoms with van der Waals surface area (Å²) in [5, 5.41) is 12.4. The van der Waals surface area contributed by atoms with Crippen molar-refractivity contribution >= 4 is 5.91 Å². The molecule has 0 aliphatic heterocycles. The maximum atomic E-state index is 12.4. The highest BCUT2D eigenvalue weighted by Gasteiger charge is 2.27. The van der Waals surface area contributed by atoms with E-state index in [4.69, 9.17) is 0 Å². The third-order valence-corrected chi connectivity index (χ3v) is 3.64. The summed E-state index contributed by atoms with van der Waals surface area (Å²) >= 11 is 0. The molecule has 2 N–H and O–H groups in total. The first kappa shape index (κ1) is 12.9. The summed E-state index contributed by atoms with van der Waals surface area (Å²) in [7, 11) is 0. The molecular weight excluding hydrogens is 252 g/mol. The molecule has 20 heavy (non-hydrogen) atoms. The maximum Gasteiger partial charge on any atom is 0.268 e. The number of aliphatic hydroxyl groups is 1. The van der Waals surface area contributed by atoms with Crippen molar-refractivity contribution in [2.75, 3.05) is 6.61 Å². The molecule has 1 saturated carbocycles. The van der Waals surface area contributed by atoms with Gasteiger partial charge in [-0.05, 0) is 30.5 Å². The van der Waals surface area contributed by atoms with E-state index in [1.165, 1.54) is 0 Å². The number of aromatic nitrogens is 1. The number of hydrogen-bond acceptors (Lipinski definition) is 2. The molecule has 3 rings (SSSR count). The molecule has 1 fully saturated rings. The monoisotopic (exact) mass is 270 g/mol. The van der Waals surface area contributed by atoms with E-state index in [2.05, 4.69) is 5.32 Å². The predicted molar refractivity (Wildman–Crippen MR) is 76.4 cm³/mol. The Morgan fingerprint density at radius 2 is 2.00 bits per heavy atom. The molecule has 1 aromatic heterocycles. The molecule has 1 aromatic carbocycles. The summed E-state index contributed by atoms with van der Waals surface area (Å²) in [6.07, 6.45) is 4.22. The fourth-order valence-corrected chi connectivity index (χ4v) is 2.41. The van der Waals surface area contributed by atoms with Crippen LogP contribution in [0.15, 0.2) is 48.7 Å². The lowest BCUT2D eigenvalue weighted by atomic mass is 10.1. The van der Waals surface area contributed by atoms with E-state index >= 15 is 0 Å². The van der Waals surface area contributed by atoms with Crippen molar-refractivity contribution in [3.63, 3.8) is 0 Å². The van der Waals surface area contributed by atoms with Gasteiger partial charge in [0, 0.05) is 12.2 Å². The number of amides is 1. The lowest BCUT2D eigenvalue weighted by molar-refractivity contribution is 0.0906. The predicted octanol–water partition coefficient (Wildman–Crippen LogP) is 2.29. The second-order valence-electron chi connectivity index (χ2n) is 5.15. The van der Waals surface area contributed by atoms with Crippen LogP contribution in [-0.4, -0.2) is 22.2 Å². The second kappa shape index (κ2) is 5.51. The number of rotatable bonds is 5. The van der Waals surface area contributed by atoms with Crippen LogP contribution in [0.25, 0.3) is 0 Å². The zero-order valence-electron chi connectivity index (χ0n) is 11.2. The smallest absolute Gasteiger partial charge is 0.268 e. The molecule has 104 valence electrons. The summed E-state index contributed by atoms with van der Waals surface area (Å²) < 4.78 is 2.02. The van der Waals surface area contributed by atoms with Gasteiger partial charge in [0.2, 0.25) is 0 Å². The highest BCUT2D eigenvalue weighted by molar-refractivity contribution is 5.93. The average molecular weight is 270 g/mol. The number of benzene rings is 1. The van der Waals surface area contributed by atoms with Crippen molar-refractivity contribution in [1.82, 2.24) is 9.88 Å². The first-order chi connectivity index (χ1) is 9.79. The number of aliphatic hydroxyl groups excluding tert-OH is 1. The number of nitrogens with one attached hydrogen (secondary N) is 1. The summed E-state index contributed by atoms with van der Waals surface area (Å²) in [4.78, 5) is 12.4. The van der Waals surface area contributed by atoms with E-state index in [0.29, 0.717) is 11.7 Å². The quantitative estimate of drug-likeness (QED) is 0.875. The van der Waals surface area contributed by atoms with Gasteiger partial charge in [-0.15, -0.1) is 0 Å². The normalized spacial score (nSPS) is 15.8. The number of carbonyl (C=O) groups is 1. The van der Waals surface area contributed by atoms with Crippen molar-refractivity contribution in [3.8, 4) is 0 Å². The lowest BCUT2D eigenvalue weighted by Gasteiger charge is -2.17. The molecule has 1 heterocycles. The van der Waals surface area contributed by atoms with Crippen LogP contribution in [0.2, 0.25) is 0 Å². The SMILES string of the molecule is O=C(N[C@H](CO)c1ccccc1)c1cccn1C1CC1. The number of hydrogen-bond donors (Lipinski definition) is 2. The zero-order chi connectivity index (χ0) is 13.9. The standard InChI is InChI=1S/C16H18N2O2/c19-11-14(12-5-2-1-3-6-12)17-16(20)15-7-4-10-18(15)13-8-9-13/h1-7,10,13-14,19H,8-9,11H2,(H,17,20)/t14-/m1/s1. The van der Waals surface area contributed by atoms with E-state index < -0.39 is 0 Å². The van der Waals surface area contributed by atoms with Crippen LogP contribution in [0, 0.1) is 0 Å². The van der Waals surface area contributed by atoms with Gasteiger partial charge in [0.15, 0.2) is 0 Å². The van der Waals surface area contributed by atoms with Gasteiger partial charge in [-0.3, -0.25) is 4.79 Å². The van der Waals surface area contributed by atoms with Gasteiger partial charge in [0.25, 0.3) is 5.91 Å². The first-order valence-electron chi connectivity index (χ1n) is 6.93. The Morgan fingerprint density at radius 1 is 1.25 bits per heavy atom. The lowest BCUT2D eigenvalue weighted by Crippen LogP contribution is -2.32. The van der Waals surface area contributed by atoms with Crippen LogP contribution in [0.1, 0.15) is 41.0 Å². The number of carbonyl (C=O) groups excluding carboxylic acids is 1. The van der Waals surface area contributed by atoms with Crippen LogP contribution < -0.4 is 5.32 Å². The molecule has 2 aromatic rings. The van der Waals surface area contributed by atoms with E-state index in [1.54, 1.807) is 0 Å². The van der Waals surface area contributed by atoms with E-state index in [1.807, 2.05) is 53.2 Å². The van der Waals surface area contributed by atoms with E-state index in [0.717, 1.165) is 18.4 Å². The highest BCUT2D eigenvalue weighted by Crippen LogP contribution is 2.36. The minimum Gasteiger partial charge on any atom is -0.394 e. The second-order valence-corrected chi connectivity index (χ2v) is 5.15. The zero-order valence-corrected chi connectivity index (χ0v) is 11.2. The summed E-state index contributed by atoms with van der Waals surface area (Å²) in [6, 6.07) is 13.3. The molecule has 4 heteroatoms. The molecule has 1 aliphatic carbocycles. The Balaban J connectivity index is 1.75. The molecule has 0 saturated heterocycles. The van der Waals surface area contributed by atoms with Gasteiger partial charge in [-0.2, -0.15) is 0 Å². The van der Waals surface area contributed by atoms with Gasteiger partial charge in [0.05, 0.1) is 12.6 Å². The van der Waals surface area contributed by atoms with Gasteiger partial charge in [0.1, 0.15) is 5.69 Å². The Bertz CT molecular complexity index is 588. The maximum absolute atomic E-state index is 12.4. The van der Waals surface area contributed by atoms with Crippen molar-refractivity contribution < 1.29 is 9.90 Å². The van der Waals surface area contributed by atoms with Crippen LogP contribution in [0.4, 0.5) is 0 Å². The third-order valence-electron chi connectivity index (χ3n) is 3.64. The molecule has 4 nitrogen and oxygen atoms in total. The fourth-order valence-electron chi connectivity index (χ4n) is 2.41. The minimum absolute atomic E-state index is 0.111. The molecule has 0 unspecified atom stereocenters. The molecule has 1 amide bonds. The van der Waals surface area contributed by atoms with Crippen molar-refractivity contribution in [3.05, 3.63) is 59.9 Å². The highest BCUT2D eigenvalue weighted by atomic mass is 16.3. The van der Waals surface area contributed by atoms with E-state index in [-0.39, 0.29) is 18.6 Å². The molecule has 1 atom stereocenters. The molecule has 1 aliphatic rings. The number of nitrogens with zero attached hydrogens (tertiary/aromatic N) is 1. The first-order valence-corrected chi connectivity index (χ1v) is 6.93. The Hall–Kier alpha value is -2.07. The van der Waals surface area contributed by atoms with Gasteiger partial charge in [-0.1, -0.05) is 30.3 Å². The van der Waals surface area contributed by atoms with Gasteiger partial charge in [-0.25, -0.2) is 0 Å². The van der Waals surface area contributed by atoms with Gasteiger partial charge < -0.3 is 15.0 Å².